The second-order valence-corrected chi connectivity index (χ2v) is 5.41. The van der Waals surface area contributed by atoms with Gasteiger partial charge in [-0.25, -0.2) is 4.98 Å². The van der Waals surface area contributed by atoms with E-state index in [9.17, 15) is 4.79 Å². The van der Waals surface area contributed by atoms with Crippen LogP contribution in [0.15, 0.2) is 12.4 Å². The maximum absolute atomic E-state index is 11.9. The summed E-state index contributed by atoms with van der Waals surface area (Å²) in [5.74, 6) is 3.45. The Labute approximate surface area is 111 Å². The molecule has 0 bridgehead atoms. The van der Waals surface area contributed by atoms with Crippen LogP contribution in [0.3, 0.4) is 0 Å². The van der Waals surface area contributed by atoms with Crippen LogP contribution in [0.4, 0.5) is 5.82 Å². The zero-order chi connectivity index (χ0) is 12.8. The van der Waals surface area contributed by atoms with Gasteiger partial charge in [-0.1, -0.05) is 0 Å². The molecule has 1 aromatic rings. The van der Waals surface area contributed by atoms with Crippen molar-refractivity contribution in [3.63, 3.8) is 0 Å². The lowest BCUT2D eigenvalue weighted by molar-refractivity contribution is 0.0943. The van der Waals surface area contributed by atoms with Gasteiger partial charge >= 0.3 is 0 Å². The van der Waals surface area contributed by atoms with Gasteiger partial charge in [0.1, 0.15) is 11.5 Å². The van der Waals surface area contributed by atoms with E-state index in [2.05, 4.69) is 20.6 Å². The van der Waals surface area contributed by atoms with Crippen LogP contribution in [0.1, 0.15) is 23.8 Å². The summed E-state index contributed by atoms with van der Waals surface area (Å²) in [5.41, 5.74) is 0.374. The van der Waals surface area contributed by atoms with E-state index in [1.807, 2.05) is 18.7 Å². The van der Waals surface area contributed by atoms with Gasteiger partial charge in [0, 0.05) is 13.1 Å². The standard InChI is InChI=1S/C12H18N4OS/c1-2-14-11-7-13-6-10(16-11)12(17)15-5-9-3-4-18-8-9/h6-7,9H,2-5,8H2,1H3,(H,14,16)(H,15,17). The Balaban J connectivity index is 1.89. The second kappa shape index (κ2) is 6.58. The highest BCUT2D eigenvalue weighted by atomic mass is 32.2. The summed E-state index contributed by atoms with van der Waals surface area (Å²) in [4.78, 5) is 20.1. The maximum atomic E-state index is 11.9. The number of hydrogen-bond donors (Lipinski definition) is 2. The van der Waals surface area contributed by atoms with Crippen molar-refractivity contribution in [2.45, 2.75) is 13.3 Å². The van der Waals surface area contributed by atoms with Crippen molar-refractivity contribution >= 4 is 23.5 Å². The monoisotopic (exact) mass is 266 g/mol. The minimum Gasteiger partial charge on any atom is -0.369 e. The summed E-state index contributed by atoms with van der Waals surface area (Å²) in [6.07, 6.45) is 4.31. The van der Waals surface area contributed by atoms with E-state index in [0.29, 0.717) is 17.4 Å². The molecule has 98 valence electrons. The van der Waals surface area contributed by atoms with E-state index < -0.39 is 0 Å². The number of aromatic nitrogens is 2. The molecule has 1 fully saturated rings. The minimum atomic E-state index is -0.140. The molecule has 1 unspecified atom stereocenters. The Hall–Kier alpha value is -1.30. The molecule has 1 amide bonds. The molecule has 0 radical (unpaired) electrons. The van der Waals surface area contributed by atoms with E-state index in [1.165, 1.54) is 18.4 Å². The van der Waals surface area contributed by atoms with E-state index >= 15 is 0 Å². The van der Waals surface area contributed by atoms with Gasteiger partial charge < -0.3 is 10.6 Å². The number of carbonyl (C=O) groups excluding carboxylic acids is 1. The number of rotatable bonds is 5. The molecule has 1 aliphatic rings. The number of amides is 1. The van der Waals surface area contributed by atoms with Gasteiger partial charge in [-0.2, -0.15) is 11.8 Å². The highest BCUT2D eigenvalue weighted by Crippen LogP contribution is 2.22. The Morgan fingerprint density at radius 1 is 1.56 bits per heavy atom. The van der Waals surface area contributed by atoms with Gasteiger partial charge in [-0.15, -0.1) is 0 Å². The molecule has 5 nitrogen and oxygen atoms in total. The van der Waals surface area contributed by atoms with Crippen LogP contribution < -0.4 is 10.6 Å². The normalized spacial score (nSPS) is 18.6. The SMILES string of the molecule is CCNc1cncc(C(=O)NCC2CCSC2)n1. The van der Waals surface area contributed by atoms with Crippen molar-refractivity contribution in [2.75, 3.05) is 29.9 Å². The molecule has 0 spiro atoms. The molecule has 18 heavy (non-hydrogen) atoms. The van der Waals surface area contributed by atoms with E-state index in [1.54, 1.807) is 6.20 Å². The van der Waals surface area contributed by atoms with Crippen molar-refractivity contribution in [1.29, 1.82) is 0 Å². The Morgan fingerprint density at radius 3 is 3.17 bits per heavy atom. The largest absolute Gasteiger partial charge is 0.369 e. The van der Waals surface area contributed by atoms with Gasteiger partial charge in [0.2, 0.25) is 0 Å². The molecule has 1 aliphatic heterocycles. The first-order valence-corrected chi connectivity index (χ1v) is 7.37. The van der Waals surface area contributed by atoms with Gasteiger partial charge in [0.05, 0.1) is 12.4 Å². The lowest BCUT2D eigenvalue weighted by Gasteiger charge is -2.10. The van der Waals surface area contributed by atoms with Crippen LogP contribution in [0.5, 0.6) is 0 Å². The van der Waals surface area contributed by atoms with Crippen LogP contribution in [0.2, 0.25) is 0 Å². The van der Waals surface area contributed by atoms with Crippen LogP contribution in [0, 0.1) is 5.92 Å². The number of carbonyl (C=O) groups is 1. The molecule has 2 N–H and O–H groups in total. The van der Waals surface area contributed by atoms with Crippen LogP contribution in [0.25, 0.3) is 0 Å². The van der Waals surface area contributed by atoms with E-state index in [0.717, 1.165) is 18.8 Å². The summed E-state index contributed by atoms with van der Waals surface area (Å²) >= 11 is 1.95. The smallest absolute Gasteiger partial charge is 0.271 e. The molecular formula is C12H18N4OS. The predicted octanol–water partition coefficient (Wildman–Crippen LogP) is 1.39. The maximum Gasteiger partial charge on any atom is 0.271 e. The third kappa shape index (κ3) is 3.60. The average molecular weight is 266 g/mol. The molecule has 6 heteroatoms. The molecule has 1 atom stereocenters. The fraction of sp³-hybridized carbons (Fsp3) is 0.583. The third-order valence-electron chi connectivity index (χ3n) is 2.80. The predicted molar refractivity (Wildman–Crippen MR) is 74.0 cm³/mol. The summed E-state index contributed by atoms with van der Waals surface area (Å²) < 4.78 is 0. The Bertz CT molecular complexity index is 407. The molecule has 2 heterocycles. The number of nitrogens with one attached hydrogen (secondary N) is 2. The first kappa shape index (κ1) is 13.1. The fourth-order valence-electron chi connectivity index (χ4n) is 1.81. The van der Waals surface area contributed by atoms with Crippen molar-refractivity contribution in [2.24, 2.45) is 5.92 Å². The van der Waals surface area contributed by atoms with E-state index in [4.69, 9.17) is 0 Å². The first-order valence-electron chi connectivity index (χ1n) is 6.21. The molecular weight excluding hydrogens is 248 g/mol. The summed E-state index contributed by atoms with van der Waals surface area (Å²) in [5, 5.41) is 5.97. The summed E-state index contributed by atoms with van der Waals surface area (Å²) in [6, 6.07) is 0. The lowest BCUT2D eigenvalue weighted by Crippen LogP contribution is -2.30. The molecule has 2 rings (SSSR count). The van der Waals surface area contributed by atoms with Crippen molar-refractivity contribution in [1.82, 2.24) is 15.3 Å². The second-order valence-electron chi connectivity index (χ2n) is 4.26. The minimum absolute atomic E-state index is 0.140. The third-order valence-corrected chi connectivity index (χ3v) is 4.03. The highest BCUT2D eigenvalue weighted by molar-refractivity contribution is 7.99. The van der Waals surface area contributed by atoms with Crippen molar-refractivity contribution in [3.05, 3.63) is 18.1 Å². The topological polar surface area (TPSA) is 66.9 Å². The fourth-order valence-corrected chi connectivity index (χ4v) is 3.10. The summed E-state index contributed by atoms with van der Waals surface area (Å²) in [7, 11) is 0. The van der Waals surface area contributed by atoms with Gasteiger partial charge in [-0.05, 0) is 30.8 Å². The van der Waals surface area contributed by atoms with Gasteiger partial charge in [-0.3, -0.25) is 9.78 Å². The van der Waals surface area contributed by atoms with Crippen molar-refractivity contribution in [3.8, 4) is 0 Å². The van der Waals surface area contributed by atoms with Crippen LogP contribution in [-0.2, 0) is 0 Å². The lowest BCUT2D eigenvalue weighted by atomic mass is 10.1. The number of thioether (sulfide) groups is 1. The number of anilines is 1. The molecule has 1 aromatic heterocycles. The first-order chi connectivity index (χ1) is 8.79. The quantitative estimate of drug-likeness (QED) is 0.843. The van der Waals surface area contributed by atoms with Crippen LogP contribution >= 0.6 is 11.8 Å². The zero-order valence-corrected chi connectivity index (χ0v) is 11.3. The number of hydrogen-bond acceptors (Lipinski definition) is 5. The summed E-state index contributed by atoms with van der Waals surface area (Å²) in [6.45, 7) is 3.48. The van der Waals surface area contributed by atoms with Gasteiger partial charge in [0.25, 0.3) is 5.91 Å². The zero-order valence-electron chi connectivity index (χ0n) is 10.5. The average Bonchev–Trinajstić information content (AvgIpc) is 2.90. The Morgan fingerprint density at radius 2 is 2.44 bits per heavy atom. The highest BCUT2D eigenvalue weighted by Gasteiger charge is 2.17. The number of nitrogens with zero attached hydrogens (tertiary/aromatic N) is 2. The van der Waals surface area contributed by atoms with E-state index in [-0.39, 0.29) is 5.91 Å². The molecule has 0 aliphatic carbocycles. The molecule has 0 saturated carbocycles. The Kier molecular flexibility index (Phi) is 4.81. The van der Waals surface area contributed by atoms with Crippen LogP contribution in [-0.4, -0.2) is 40.5 Å². The molecule has 0 aromatic carbocycles. The van der Waals surface area contributed by atoms with Crippen molar-refractivity contribution < 1.29 is 4.79 Å². The molecule has 1 saturated heterocycles. The van der Waals surface area contributed by atoms with Gasteiger partial charge in [0.15, 0.2) is 0 Å².